The van der Waals surface area contributed by atoms with Crippen LogP contribution in [0.5, 0.6) is 0 Å². The highest BCUT2D eigenvalue weighted by atomic mass is 16.3. The summed E-state index contributed by atoms with van der Waals surface area (Å²) in [5.41, 5.74) is 6.15. The lowest BCUT2D eigenvalue weighted by atomic mass is 10.1. The van der Waals surface area contributed by atoms with Gasteiger partial charge in [-0.2, -0.15) is 0 Å². The van der Waals surface area contributed by atoms with Crippen LogP contribution in [-0.2, 0) is 6.54 Å². The molecule has 4 nitrogen and oxygen atoms in total. The van der Waals surface area contributed by atoms with Crippen molar-refractivity contribution in [3.8, 4) is 0 Å². The summed E-state index contributed by atoms with van der Waals surface area (Å²) >= 11 is 0. The van der Waals surface area contributed by atoms with Crippen molar-refractivity contribution in [1.29, 1.82) is 0 Å². The Hall–Kier alpha value is -1.52. The molecule has 0 fully saturated rings. The van der Waals surface area contributed by atoms with Gasteiger partial charge in [0.05, 0.1) is 18.8 Å². The summed E-state index contributed by atoms with van der Waals surface area (Å²) in [4.78, 5) is 2.27. The Labute approximate surface area is 114 Å². The summed E-state index contributed by atoms with van der Waals surface area (Å²) in [5, 5.41) is 0. The predicted molar refractivity (Wildman–Crippen MR) is 74.6 cm³/mol. The number of aryl methyl sites for hydroxylation is 1. The van der Waals surface area contributed by atoms with Crippen LogP contribution in [0.25, 0.3) is 0 Å². The van der Waals surface area contributed by atoms with E-state index >= 15 is 0 Å². The van der Waals surface area contributed by atoms with E-state index in [0.717, 1.165) is 30.4 Å². The summed E-state index contributed by atoms with van der Waals surface area (Å²) in [6.45, 7) is 7.69. The van der Waals surface area contributed by atoms with Gasteiger partial charge < -0.3 is 14.6 Å². The van der Waals surface area contributed by atoms with Crippen LogP contribution in [0.4, 0.5) is 0 Å². The maximum atomic E-state index is 6.15. The highest BCUT2D eigenvalue weighted by Crippen LogP contribution is 2.26. The first-order chi connectivity index (χ1) is 9.11. The lowest BCUT2D eigenvalue weighted by molar-refractivity contribution is 0.143. The summed E-state index contributed by atoms with van der Waals surface area (Å²) in [5.74, 6) is 2.77. The minimum atomic E-state index is -0.0135. The number of nitrogens with two attached hydrogens (primary N) is 1. The number of hydrogen-bond acceptors (Lipinski definition) is 4. The fraction of sp³-hybridized carbons (Fsp3) is 0.467. The molecule has 19 heavy (non-hydrogen) atoms. The van der Waals surface area contributed by atoms with Crippen molar-refractivity contribution in [3.05, 3.63) is 47.8 Å². The third-order valence-electron chi connectivity index (χ3n) is 3.29. The number of hydrogen-bond donors (Lipinski definition) is 1. The van der Waals surface area contributed by atoms with Crippen LogP contribution >= 0.6 is 0 Å². The van der Waals surface area contributed by atoms with Crippen molar-refractivity contribution in [3.63, 3.8) is 0 Å². The molecule has 2 heterocycles. The first-order valence-electron chi connectivity index (χ1n) is 6.70. The fourth-order valence-electron chi connectivity index (χ4n) is 2.39. The first kappa shape index (κ1) is 13.9. The largest absolute Gasteiger partial charge is 0.468 e. The second-order valence-electron chi connectivity index (χ2n) is 4.89. The van der Waals surface area contributed by atoms with Crippen molar-refractivity contribution in [2.75, 3.05) is 6.54 Å². The molecule has 0 aliphatic rings. The normalized spacial score (nSPS) is 14.8. The van der Waals surface area contributed by atoms with E-state index in [2.05, 4.69) is 11.8 Å². The molecule has 0 aliphatic heterocycles. The van der Waals surface area contributed by atoms with Crippen LogP contribution in [0.1, 0.15) is 37.2 Å². The Morgan fingerprint density at radius 1 is 1.32 bits per heavy atom. The molecule has 0 amide bonds. The lowest BCUT2D eigenvalue weighted by Crippen LogP contribution is -2.38. The van der Waals surface area contributed by atoms with E-state index in [-0.39, 0.29) is 12.1 Å². The quantitative estimate of drug-likeness (QED) is 0.869. The molecule has 0 saturated carbocycles. The van der Waals surface area contributed by atoms with E-state index < -0.39 is 0 Å². The van der Waals surface area contributed by atoms with Gasteiger partial charge in [-0.25, -0.2) is 0 Å². The van der Waals surface area contributed by atoms with E-state index in [4.69, 9.17) is 14.6 Å². The third kappa shape index (κ3) is 3.28. The van der Waals surface area contributed by atoms with Gasteiger partial charge in [0.25, 0.3) is 0 Å². The molecule has 104 valence electrons. The standard InChI is InChI=1S/C15H22N2O2/c1-4-17(10-13-6-5-9-18-13)15(12(3)16)14-8-7-11(2)19-14/h5-9,12,15H,4,10,16H2,1-3H3. The molecule has 2 unspecified atom stereocenters. The second kappa shape index (κ2) is 6.08. The zero-order valence-electron chi connectivity index (χ0n) is 11.8. The van der Waals surface area contributed by atoms with E-state index in [0.29, 0.717) is 0 Å². The molecule has 2 atom stereocenters. The number of furan rings is 2. The zero-order valence-corrected chi connectivity index (χ0v) is 11.8. The van der Waals surface area contributed by atoms with Crippen molar-refractivity contribution >= 4 is 0 Å². The molecule has 2 aromatic rings. The van der Waals surface area contributed by atoms with Gasteiger partial charge in [-0.15, -0.1) is 0 Å². The van der Waals surface area contributed by atoms with Gasteiger partial charge in [0.15, 0.2) is 0 Å². The highest BCUT2D eigenvalue weighted by Gasteiger charge is 2.26. The number of nitrogens with zero attached hydrogens (tertiary/aromatic N) is 1. The smallest absolute Gasteiger partial charge is 0.122 e. The maximum absolute atomic E-state index is 6.15. The molecule has 0 bridgehead atoms. The van der Waals surface area contributed by atoms with Crippen LogP contribution in [-0.4, -0.2) is 17.5 Å². The Bertz CT molecular complexity index is 488. The van der Waals surface area contributed by atoms with Crippen molar-refractivity contribution in [1.82, 2.24) is 4.90 Å². The van der Waals surface area contributed by atoms with Gasteiger partial charge in [0, 0.05) is 6.04 Å². The molecule has 2 N–H and O–H groups in total. The molecule has 0 radical (unpaired) electrons. The lowest BCUT2D eigenvalue weighted by Gasteiger charge is -2.31. The van der Waals surface area contributed by atoms with Gasteiger partial charge in [-0.1, -0.05) is 6.92 Å². The zero-order chi connectivity index (χ0) is 13.8. The van der Waals surface area contributed by atoms with E-state index in [1.54, 1.807) is 6.26 Å². The molecular formula is C15H22N2O2. The summed E-state index contributed by atoms with van der Waals surface area (Å²) in [6, 6.07) is 7.92. The van der Waals surface area contributed by atoms with Crippen molar-refractivity contribution in [2.24, 2.45) is 5.73 Å². The van der Waals surface area contributed by atoms with Crippen LogP contribution in [0.2, 0.25) is 0 Å². The topological polar surface area (TPSA) is 55.5 Å². The third-order valence-corrected chi connectivity index (χ3v) is 3.29. The molecule has 2 rings (SSSR count). The van der Waals surface area contributed by atoms with Gasteiger partial charge in [0.1, 0.15) is 17.3 Å². The first-order valence-corrected chi connectivity index (χ1v) is 6.70. The molecule has 0 aliphatic carbocycles. The predicted octanol–water partition coefficient (Wildman–Crippen LogP) is 3.09. The Morgan fingerprint density at radius 2 is 2.11 bits per heavy atom. The molecular weight excluding hydrogens is 240 g/mol. The van der Waals surface area contributed by atoms with Crippen molar-refractivity contribution in [2.45, 2.75) is 39.4 Å². The Morgan fingerprint density at radius 3 is 2.58 bits per heavy atom. The monoisotopic (exact) mass is 262 g/mol. The highest BCUT2D eigenvalue weighted by molar-refractivity contribution is 5.12. The average Bonchev–Trinajstić information content (AvgIpc) is 3.00. The molecule has 0 aromatic carbocycles. The number of likely N-dealkylation sites (N-methyl/N-ethyl adjacent to an activating group) is 1. The number of rotatable bonds is 6. The van der Waals surface area contributed by atoms with Crippen molar-refractivity contribution < 1.29 is 8.83 Å². The van der Waals surface area contributed by atoms with Gasteiger partial charge >= 0.3 is 0 Å². The molecule has 0 spiro atoms. The minimum absolute atomic E-state index is 0.0135. The Balaban J connectivity index is 2.21. The second-order valence-corrected chi connectivity index (χ2v) is 4.89. The minimum Gasteiger partial charge on any atom is -0.468 e. The Kier molecular flexibility index (Phi) is 4.45. The maximum Gasteiger partial charge on any atom is 0.122 e. The molecule has 2 aromatic heterocycles. The van der Waals surface area contributed by atoms with Gasteiger partial charge in [0.2, 0.25) is 0 Å². The molecule has 0 saturated heterocycles. The van der Waals surface area contributed by atoms with E-state index in [9.17, 15) is 0 Å². The average molecular weight is 262 g/mol. The van der Waals surface area contributed by atoms with Crippen LogP contribution in [0.3, 0.4) is 0 Å². The van der Waals surface area contributed by atoms with Crippen LogP contribution in [0.15, 0.2) is 39.4 Å². The fourth-order valence-corrected chi connectivity index (χ4v) is 2.39. The SMILES string of the molecule is CCN(Cc1ccco1)C(c1ccc(C)o1)C(C)N. The van der Waals surface area contributed by atoms with Gasteiger partial charge in [-0.05, 0) is 44.7 Å². The van der Waals surface area contributed by atoms with E-state index in [1.165, 1.54) is 0 Å². The summed E-state index contributed by atoms with van der Waals surface area (Å²) in [7, 11) is 0. The van der Waals surface area contributed by atoms with Gasteiger partial charge in [-0.3, -0.25) is 4.90 Å². The summed E-state index contributed by atoms with van der Waals surface area (Å²) < 4.78 is 11.2. The molecule has 4 heteroatoms. The van der Waals surface area contributed by atoms with E-state index in [1.807, 2.05) is 38.1 Å². The van der Waals surface area contributed by atoms with Crippen LogP contribution in [0, 0.1) is 6.92 Å². The summed E-state index contributed by atoms with van der Waals surface area (Å²) in [6.07, 6.45) is 1.70. The van der Waals surface area contributed by atoms with Crippen LogP contribution < -0.4 is 5.73 Å².